The van der Waals surface area contributed by atoms with Crippen molar-refractivity contribution in [2.24, 2.45) is 11.8 Å². The second-order valence-electron chi connectivity index (χ2n) is 6.09. The minimum absolute atomic E-state index is 0.0359. The molecular formula is C16H21N5. The summed E-state index contributed by atoms with van der Waals surface area (Å²) in [7, 11) is 0. The first-order valence-corrected chi connectivity index (χ1v) is 7.28. The van der Waals surface area contributed by atoms with Crippen molar-refractivity contribution in [2.45, 2.75) is 32.2 Å². The van der Waals surface area contributed by atoms with E-state index < -0.39 is 0 Å². The summed E-state index contributed by atoms with van der Waals surface area (Å²) in [4.78, 5) is 9.05. The van der Waals surface area contributed by atoms with Crippen LogP contribution in [0.5, 0.6) is 0 Å². The lowest BCUT2D eigenvalue weighted by Crippen LogP contribution is -2.33. The molecule has 1 aromatic heterocycles. The summed E-state index contributed by atoms with van der Waals surface area (Å²) < 4.78 is 0. The minimum Gasteiger partial charge on any atom is -0.365 e. The fourth-order valence-corrected chi connectivity index (χ4v) is 2.54. The number of hydrogen-bond donors (Lipinski definition) is 3. The summed E-state index contributed by atoms with van der Waals surface area (Å²) in [6.07, 6.45) is 2.55. The molecule has 1 fully saturated rings. The number of aromatic nitrogens is 2. The van der Waals surface area contributed by atoms with Crippen molar-refractivity contribution in [3.8, 4) is 11.4 Å². The van der Waals surface area contributed by atoms with E-state index in [-0.39, 0.29) is 5.54 Å². The van der Waals surface area contributed by atoms with Crippen LogP contribution >= 0.6 is 0 Å². The zero-order valence-corrected chi connectivity index (χ0v) is 12.4. The van der Waals surface area contributed by atoms with Gasteiger partial charge in [0.15, 0.2) is 5.82 Å². The smallest absolute Gasteiger partial charge is 0.163 e. The van der Waals surface area contributed by atoms with Crippen molar-refractivity contribution in [3.63, 3.8) is 0 Å². The topological polar surface area (TPSA) is 75.9 Å². The van der Waals surface area contributed by atoms with E-state index in [1.165, 1.54) is 12.8 Å². The van der Waals surface area contributed by atoms with Gasteiger partial charge in [-0.1, -0.05) is 30.3 Å². The molecule has 0 unspecified atom stereocenters. The van der Waals surface area contributed by atoms with E-state index in [0.29, 0.717) is 17.6 Å². The first kappa shape index (κ1) is 13.8. The maximum absolute atomic E-state index is 5.53. The molecule has 21 heavy (non-hydrogen) atoms. The van der Waals surface area contributed by atoms with E-state index in [1.54, 1.807) is 0 Å². The van der Waals surface area contributed by atoms with Crippen LogP contribution in [0.15, 0.2) is 36.4 Å². The van der Waals surface area contributed by atoms with Crippen molar-refractivity contribution < 1.29 is 0 Å². The molecule has 5 heteroatoms. The lowest BCUT2D eigenvalue weighted by atomic mass is 9.99. The number of hydrogen-bond acceptors (Lipinski definition) is 5. The Labute approximate surface area is 125 Å². The Kier molecular flexibility index (Phi) is 3.51. The van der Waals surface area contributed by atoms with Gasteiger partial charge in [-0.25, -0.2) is 15.8 Å². The first-order valence-electron chi connectivity index (χ1n) is 7.28. The van der Waals surface area contributed by atoms with Crippen molar-refractivity contribution in [3.05, 3.63) is 36.4 Å². The van der Waals surface area contributed by atoms with Crippen molar-refractivity contribution in [2.75, 3.05) is 10.7 Å². The predicted octanol–water partition coefficient (Wildman–Crippen LogP) is 3.03. The molecule has 4 N–H and O–H groups in total. The molecule has 0 spiro atoms. The molecule has 0 bridgehead atoms. The van der Waals surface area contributed by atoms with Crippen LogP contribution in [0.1, 0.15) is 26.7 Å². The van der Waals surface area contributed by atoms with E-state index >= 15 is 0 Å². The van der Waals surface area contributed by atoms with Crippen LogP contribution in [0.25, 0.3) is 11.4 Å². The van der Waals surface area contributed by atoms with E-state index in [2.05, 4.69) is 34.6 Å². The standard InChI is InChI=1S/C16H21N5/c1-16(2,12-8-9-12)20-13-10-14(21-17)19-15(18-13)11-6-4-3-5-7-11/h3-7,10,12H,8-9,17H2,1-2H3,(H2,18,19,20,21). The zero-order valence-electron chi connectivity index (χ0n) is 12.4. The highest BCUT2D eigenvalue weighted by Crippen LogP contribution is 2.41. The summed E-state index contributed by atoms with van der Waals surface area (Å²) in [5.41, 5.74) is 3.63. The lowest BCUT2D eigenvalue weighted by Gasteiger charge is -2.27. The van der Waals surface area contributed by atoms with Crippen LogP contribution in [0.4, 0.5) is 11.6 Å². The number of rotatable bonds is 5. The molecule has 3 rings (SSSR count). The Morgan fingerprint density at radius 2 is 1.76 bits per heavy atom. The first-order chi connectivity index (χ1) is 10.1. The van der Waals surface area contributed by atoms with E-state index in [4.69, 9.17) is 5.84 Å². The molecule has 5 nitrogen and oxygen atoms in total. The highest BCUT2D eigenvalue weighted by molar-refractivity contribution is 5.61. The van der Waals surface area contributed by atoms with Crippen LogP contribution in [0.2, 0.25) is 0 Å². The number of nitrogen functional groups attached to an aromatic ring is 1. The second kappa shape index (κ2) is 5.33. The molecule has 0 saturated heterocycles. The van der Waals surface area contributed by atoms with E-state index in [1.807, 2.05) is 36.4 Å². The third kappa shape index (κ3) is 3.13. The van der Waals surface area contributed by atoms with Crippen molar-refractivity contribution in [1.82, 2.24) is 9.97 Å². The van der Waals surface area contributed by atoms with Gasteiger partial charge in [0, 0.05) is 17.2 Å². The molecule has 1 heterocycles. The summed E-state index contributed by atoms with van der Waals surface area (Å²) in [5.74, 6) is 8.32. The van der Waals surface area contributed by atoms with Gasteiger partial charge in [-0.3, -0.25) is 0 Å². The van der Waals surface area contributed by atoms with Crippen LogP contribution in [-0.2, 0) is 0 Å². The van der Waals surface area contributed by atoms with Crippen molar-refractivity contribution in [1.29, 1.82) is 0 Å². The molecule has 1 aliphatic rings. The summed E-state index contributed by atoms with van der Waals surface area (Å²) in [6, 6.07) is 11.8. The van der Waals surface area contributed by atoms with Gasteiger partial charge in [0.25, 0.3) is 0 Å². The lowest BCUT2D eigenvalue weighted by molar-refractivity contribution is 0.492. The Hall–Kier alpha value is -2.14. The van der Waals surface area contributed by atoms with Crippen LogP contribution in [-0.4, -0.2) is 15.5 Å². The summed E-state index contributed by atoms with van der Waals surface area (Å²) in [5, 5.41) is 3.52. The molecule has 0 amide bonds. The number of anilines is 2. The van der Waals surface area contributed by atoms with Crippen LogP contribution in [0, 0.1) is 5.92 Å². The van der Waals surface area contributed by atoms with Gasteiger partial charge >= 0.3 is 0 Å². The van der Waals surface area contributed by atoms with E-state index in [9.17, 15) is 0 Å². The Morgan fingerprint density at radius 3 is 2.38 bits per heavy atom. The Balaban J connectivity index is 1.93. The summed E-state index contributed by atoms with van der Waals surface area (Å²) >= 11 is 0. The average molecular weight is 283 g/mol. The van der Waals surface area contributed by atoms with Crippen molar-refractivity contribution >= 4 is 11.6 Å². The third-order valence-electron chi connectivity index (χ3n) is 3.95. The molecule has 2 aromatic rings. The highest BCUT2D eigenvalue weighted by atomic mass is 15.3. The molecule has 1 saturated carbocycles. The Morgan fingerprint density at radius 1 is 1.10 bits per heavy atom. The van der Waals surface area contributed by atoms with Gasteiger partial charge in [-0.05, 0) is 32.6 Å². The van der Waals surface area contributed by atoms with Crippen LogP contribution in [0.3, 0.4) is 0 Å². The molecule has 0 atom stereocenters. The second-order valence-corrected chi connectivity index (χ2v) is 6.09. The number of nitrogens with two attached hydrogens (primary N) is 1. The van der Waals surface area contributed by atoms with E-state index in [0.717, 1.165) is 11.4 Å². The normalized spacial score (nSPS) is 14.8. The quantitative estimate of drug-likeness (QED) is 0.581. The molecule has 0 aliphatic heterocycles. The maximum atomic E-state index is 5.53. The van der Waals surface area contributed by atoms with Gasteiger partial charge < -0.3 is 10.7 Å². The van der Waals surface area contributed by atoms with Gasteiger partial charge in [-0.2, -0.15) is 0 Å². The number of hydrazine groups is 1. The molecule has 1 aromatic carbocycles. The maximum Gasteiger partial charge on any atom is 0.163 e. The van der Waals surface area contributed by atoms with Gasteiger partial charge in [-0.15, -0.1) is 0 Å². The zero-order chi connectivity index (χ0) is 14.9. The third-order valence-corrected chi connectivity index (χ3v) is 3.95. The fraction of sp³-hybridized carbons (Fsp3) is 0.375. The molecular weight excluding hydrogens is 262 g/mol. The monoisotopic (exact) mass is 283 g/mol. The van der Waals surface area contributed by atoms with Gasteiger partial charge in [0.2, 0.25) is 0 Å². The SMILES string of the molecule is CC(C)(Nc1cc(NN)nc(-c2ccccc2)n1)C1CC1. The molecule has 1 aliphatic carbocycles. The number of benzene rings is 1. The number of nitrogens with zero attached hydrogens (tertiary/aromatic N) is 2. The average Bonchev–Trinajstić information content (AvgIpc) is 3.32. The van der Waals surface area contributed by atoms with Crippen LogP contribution < -0.4 is 16.6 Å². The molecule has 0 radical (unpaired) electrons. The summed E-state index contributed by atoms with van der Waals surface area (Å²) in [6.45, 7) is 4.43. The highest BCUT2D eigenvalue weighted by Gasteiger charge is 2.37. The fourth-order valence-electron chi connectivity index (χ4n) is 2.54. The van der Waals surface area contributed by atoms with Gasteiger partial charge in [0.05, 0.1) is 0 Å². The Bertz CT molecular complexity index is 620. The molecule has 110 valence electrons. The van der Waals surface area contributed by atoms with Gasteiger partial charge in [0.1, 0.15) is 11.6 Å². The minimum atomic E-state index is 0.0359. The largest absolute Gasteiger partial charge is 0.365 e. The predicted molar refractivity (Wildman–Crippen MR) is 85.7 cm³/mol. The number of nitrogens with one attached hydrogen (secondary N) is 2.